The number of amides is 2. The van der Waals surface area contributed by atoms with Crippen molar-refractivity contribution in [2.45, 2.75) is 33.6 Å². The van der Waals surface area contributed by atoms with Crippen molar-refractivity contribution in [1.82, 2.24) is 5.32 Å². The minimum Gasteiger partial charge on any atom is -0.356 e. The molecule has 0 radical (unpaired) electrons. The second-order valence-electron chi connectivity index (χ2n) is 5.55. The number of carbonyl (C=O) groups is 2. The van der Waals surface area contributed by atoms with E-state index >= 15 is 0 Å². The lowest BCUT2D eigenvalue weighted by molar-refractivity contribution is -0.125. The maximum atomic E-state index is 12.1. The van der Waals surface area contributed by atoms with Gasteiger partial charge in [-0.25, -0.2) is 0 Å². The Morgan fingerprint density at radius 2 is 1.90 bits per heavy atom. The minimum absolute atomic E-state index is 0.00737. The molecule has 0 spiro atoms. The lowest BCUT2D eigenvalue weighted by atomic mass is 10.1. The summed E-state index contributed by atoms with van der Waals surface area (Å²) in [4.78, 5) is 23.9. The summed E-state index contributed by atoms with van der Waals surface area (Å²) in [7, 11) is 0. The largest absolute Gasteiger partial charge is 0.356 e. The molecule has 0 heterocycles. The van der Waals surface area contributed by atoms with Crippen molar-refractivity contribution in [2.75, 3.05) is 11.9 Å². The zero-order chi connectivity index (χ0) is 14.7. The van der Waals surface area contributed by atoms with Crippen LogP contribution in [-0.2, 0) is 9.59 Å². The van der Waals surface area contributed by atoms with Gasteiger partial charge in [0.15, 0.2) is 0 Å². The molecule has 20 heavy (non-hydrogen) atoms. The molecule has 1 aliphatic rings. The molecule has 0 saturated heterocycles. The van der Waals surface area contributed by atoms with Gasteiger partial charge in [0.1, 0.15) is 0 Å². The van der Waals surface area contributed by atoms with Crippen LogP contribution >= 0.6 is 0 Å². The molecule has 0 aromatic heterocycles. The van der Waals surface area contributed by atoms with Gasteiger partial charge < -0.3 is 10.6 Å². The van der Waals surface area contributed by atoms with Crippen molar-refractivity contribution in [3.8, 4) is 0 Å². The Morgan fingerprint density at radius 3 is 2.60 bits per heavy atom. The van der Waals surface area contributed by atoms with Gasteiger partial charge in [-0.3, -0.25) is 9.59 Å². The molecule has 0 bridgehead atoms. The van der Waals surface area contributed by atoms with E-state index < -0.39 is 0 Å². The summed E-state index contributed by atoms with van der Waals surface area (Å²) in [5.74, 6) is -0.359. The van der Waals surface area contributed by atoms with E-state index in [0.717, 1.165) is 23.2 Å². The lowest BCUT2D eigenvalue weighted by Gasteiger charge is -2.09. The average molecular weight is 274 g/mol. The van der Waals surface area contributed by atoms with E-state index in [2.05, 4.69) is 10.6 Å². The summed E-state index contributed by atoms with van der Waals surface area (Å²) in [5, 5.41) is 5.78. The van der Waals surface area contributed by atoms with Crippen molar-refractivity contribution in [3.05, 3.63) is 29.3 Å². The van der Waals surface area contributed by atoms with E-state index in [4.69, 9.17) is 0 Å². The fourth-order valence-corrected chi connectivity index (χ4v) is 2.25. The number of rotatable bonds is 5. The first-order chi connectivity index (χ1) is 9.52. The highest BCUT2D eigenvalue weighted by Crippen LogP contribution is 2.39. The Balaban J connectivity index is 1.91. The van der Waals surface area contributed by atoms with Crippen LogP contribution in [0.25, 0.3) is 0 Å². The van der Waals surface area contributed by atoms with E-state index in [1.807, 2.05) is 39.0 Å². The molecule has 1 aromatic rings. The van der Waals surface area contributed by atoms with E-state index in [9.17, 15) is 9.59 Å². The summed E-state index contributed by atoms with van der Waals surface area (Å²) in [5.41, 5.74) is 2.99. The van der Waals surface area contributed by atoms with Crippen LogP contribution < -0.4 is 10.6 Å². The summed E-state index contributed by atoms with van der Waals surface area (Å²) in [6, 6.07) is 5.97. The Labute approximate surface area is 119 Å². The van der Waals surface area contributed by atoms with Crippen molar-refractivity contribution >= 4 is 17.5 Å². The molecule has 1 aliphatic carbocycles. The van der Waals surface area contributed by atoms with Crippen molar-refractivity contribution < 1.29 is 9.59 Å². The topological polar surface area (TPSA) is 58.2 Å². The van der Waals surface area contributed by atoms with Gasteiger partial charge >= 0.3 is 0 Å². The van der Waals surface area contributed by atoms with Crippen molar-refractivity contribution in [1.29, 1.82) is 0 Å². The van der Waals surface area contributed by atoms with Crippen molar-refractivity contribution in [2.24, 2.45) is 11.8 Å². The maximum absolute atomic E-state index is 12.1. The third kappa shape index (κ3) is 3.38. The van der Waals surface area contributed by atoms with E-state index in [1.165, 1.54) is 0 Å². The van der Waals surface area contributed by atoms with Crippen LogP contribution in [0, 0.1) is 25.7 Å². The molecule has 4 nitrogen and oxygen atoms in total. The fraction of sp³-hybridized carbons (Fsp3) is 0.500. The fourth-order valence-electron chi connectivity index (χ4n) is 2.25. The normalized spacial score (nSPS) is 20.4. The quantitative estimate of drug-likeness (QED) is 0.866. The molecule has 0 aliphatic heterocycles. The summed E-state index contributed by atoms with van der Waals surface area (Å²) in [6.07, 6.45) is 1.57. The summed E-state index contributed by atoms with van der Waals surface area (Å²) in [6.45, 7) is 6.65. The van der Waals surface area contributed by atoms with Crippen LogP contribution in [0.4, 0.5) is 5.69 Å². The Bertz CT molecular complexity index is 525. The van der Waals surface area contributed by atoms with Crippen LogP contribution in [0.3, 0.4) is 0 Å². The standard InChI is InChI=1S/C16H22N2O2/c1-4-7-17-15(19)12-9-13(12)16(20)18-14-8-10(2)5-6-11(14)3/h5-6,8,12-13H,4,7,9H2,1-3H3,(H,17,19)(H,18,20). The molecule has 1 fully saturated rings. The number of nitrogens with one attached hydrogen (secondary N) is 2. The van der Waals surface area contributed by atoms with E-state index in [1.54, 1.807) is 0 Å². The first-order valence-electron chi connectivity index (χ1n) is 7.18. The smallest absolute Gasteiger partial charge is 0.228 e. The number of aryl methyl sites for hydroxylation is 2. The third-order valence-electron chi connectivity index (χ3n) is 3.66. The second-order valence-corrected chi connectivity index (χ2v) is 5.55. The zero-order valence-electron chi connectivity index (χ0n) is 12.3. The molecule has 108 valence electrons. The lowest BCUT2D eigenvalue weighted by Crippen LogP contribution is -2.28. The molecule has 1 saturated carbocycles. The highest BCUT2D eigenvalue weighted by atomic mass is 16.2. The molecule has 2 rings (SSSR count). The predicted octanol–water partition coefficient (Wildman–Crippen LogP) is 2.40. The molecule has 2 N–H and O–H groups in total. The van der Waals surface area contributed by atoms with Gasteiger partial charge in [0.2, 0.25) is 11.8 Å². The highest BCUT2D eigenvalue weighted by molar-refractivity contribution is 5.99. The van der Waals surface area contributed by atoms with Gasteiger partial charge in [0.25, 0.3) is 0 Å². The summed E-state index contributed by atoms with van der Waals surface area (Å²) < 4.78 is 0. The van der Waals surface area contributed by atoms with Gasteiger partial charge in [-0.15, -0.1) is 0 Å². The first kappa shape index (κ1) is 14.6. The second kappa shape index (κ2) is 6.07. The average Bonchev–Trinajstić information content (AvgIpc) is 3.20. The number of hydrogen-bond acceptors (Lipinski definition) is 2. The molecule has 4 heteroatoms. The minimum atomic E-state index is -0.174. The third-order valence-corrected chi connectivity index (χ3v) is 3.66. The maximum Gasteiger partial charge on any atom is 0.228 e. The van der Waals surface area contributed by atoms with Crippen LogP contribution in [0.1, 0.15) is 30.9 Å². The Hall–Kier alpha value is -1.84. The van der Waals surface area contributed by atoms with Crippen LogP contribution in [-0.4, -0.2) is 18.4 Å². The summed E-state index contributed by atoms with van der Waals surface area (Å²) >= 11 is 0. The molecule has 2 amide bonds. The van der Waals surface area contributed by atoms with Crippen LogP contribution in [0.15, 0.2) is 18.2 Å². The van der Waals surface area contributed by atoms with Crippen LogP contribution in [0.5, 0.6) is 0 Å². The SMILES string of the molecule is CCCNC(=O)C1CC1C(=O)Nc1cc(C)ccc1C. The number of anilines is 1. The zero-order valence-corrected chi connectivity index (χ0v) is 12.3. The molecule has 1 aromatic carbocycles. The van der Waals surface area contributed by atoms with Crippen LogP contribution in [0.2, 0.25) is 0 Å². The molecular weight excluding hydrogens is 252 g/mol. The van der Waals surface area contributed by atoms with Gasteiger partial charge in [-0.05, 0) is 43.9 Å². The monoisotopic (exact) mass is 274 g/mol. The molecule has 2 atom stereocenters. The number of carbonyl (C=O) groups excluding carboxylic acids is 2. The Kier molecular flexibility index (Phi) is 4.42. The van der Waals surface area contributed by atoms with E-state index in [0.29, 0.717) is 13.0 Å². The molecular formula is C16H22N2O2. The van der Waals surface area contributed by atoms with Gasteiger partial charge in [-0.2, -0.15) is 0 Å². The van der Waals surface area contributed by atoms with Gasteiger partial charge in [0, 0.05) is 12.2 Å². The van der Waals surface area contributed by atoms with E-state index in [-0.39, 0.29) is 23.7 Å². The first-order valence-corrected chi connectivity index (χ1v) is 7.18. The molecule has 2 unspecified atom stereocenters. The van der Waals surface area contributed by atoms with Gasteiger partial charge in [0.05, 0.1) is 11.8 Å². The number of benzene rings is 1. The number of hydrogen-bond donors (Lipinski definition) is 2. The van der Waals surface area contributed by atoms with Crippen molar-refractivity contribution in [3.63, 3.8) is 0 Å². The Morgan fingerprint density at radius 1 is 1.20 bits per heavy atom. The van der Waals surface area contributed by atoms with Gasteiger partial charge in [-0.1, -0.05) is 19.1 Å². The highest BCUT2D eigenvalue weighted by Gasteiger charge is 2.47. The predicted molar refractivity (Wildman–Crippen MR) is 79.4 cm³/mol.